The normalized spacial score (nSPS) is 10.6. The van der Waals surface area contributed by atoms with Gasteiger partial charge < -0.3 is 9.47 Å². The van der Waals surface area contributed by atoms with E-state index in [1.54, 1.807) is 29.5 Å². The molecule has 1 heterocycles. The molecule has 2 rings (SSSR count). The highest BCUT2D eigenvalue weighted by Crippen LogP contribution is 2.29. The number of hydrogen-bond donors (Lipinski definition) is 2. The van der Waals surface area contributed by atoms with E-state index in [1.807, 2.05) is 26.0 Å². The molecule has 146 valence electrons. The van der Waals surface area contributed by atoms with Gasteiger partial charge in [0.2, 0.25) is 5.91 Å². The van der Waals surface area contributed by atoms with Gasteiger partial charge in [0.1, 0.15) is 0 Å². The van der Waals surface area contributed by atoms with Crippen molar-refractivity contribution in [3.63, 3.8) is 0 Å². The zero-order valence-electron chi connectivity index (χ0n) is 15.5. The molecular formula is C19H23BrN2O4S. The molecule has 0 unspecified atom stereocenters. The second kappa shape index (κ2) is 10.3. The summed E-state index contributed by atoms with van der Waals surface area (Å²) in [4.78, 5) is 25.3. The van der Waals surface area contributed by atoms with Crippen molar-refractivity contribution in [2.45, 2.75) is 39.2 Å². The van der Waals surface area contributed by atoms with Crippen LogP contribution in [0.15, 0.2) is 34.1 Å². The topological polar surface area (TPSA) is 76.7 Å². The standard InChI is InChI=1S/C19H23BrN2O4S/c1-12(2)26-15-9-7-13(11-16(15)25-3)19(24)22-21-18(23)6-4-5-14-8-10-17(20)27-14/h7-12H,4-6H2,1-3H3,(H,21,23)(H,22,24). The molecule has 8 heteroatoms. The van der Waals surface area contributed by atoms with E-state index in [1.165, 1.54) is 12.0 Å². The van der Waals surface area contributed by atoms with Crippen LogP contribution in [0.1, 0.15) is 41.9 Å². The van der Waals surface area contributed by atoms with Gasteiger partial charge in [0.25, 0.3) is 5.91 Å². The molecule has 2 N–H and O–H groups in total. The predicted octanol–water partition coefficient (Wildman–Crippen LogP) is 4.09. The average molecular weight is 455 g/mol. The molecule has 0 atom stereocenters. The molecule has 0 bridgehead atoms. The third-order valence-corrected chi connectivity index (χ3v) is 5.24. The lowest BCUT2D eigenvalue weighted by atomic mass is 10.2. The molecule has 0 saturated carbocycles. The zero-order chi connectivity index (χ0) is 19.8. The van der Waals surface area contributed by atoms with Crippen LogP contribution in [0.5, 0.6) is 11.5 Å². The summed E-state index contributed by atoms with van der Waals surface area (Å²) in [5.74, 6) is 0.378. The summed E-state index contributed by atoms with van der Waals surface area (Å²) in [5.41, 5.74) is 5.23. The van der Waals surface area contributed by atoms with E-state index in [0.29, 0.717) is 29.9 Å². The Morgan fingerprint density at radius 3 is 2.56 bits per heavy atom. The number of amides is 2. The van der Waals surface area contributed by atoms with E-state index in [4.69, 9.17) is 9.47 Å². The van der Waals surface area contributed by atoms with Gasteiger partial charge in [-0.05, 0) is 73.0 Å². The minimum Gasteiger partial charge on any atom is -0.493 e. The zero-order valence-corrected chi connectivity index (χ0v) is 17.9. The van der Waals surface area contributed by atoms with Crippen LogP contribution in [0.2, 0.25) is 0 Å². The highest BCUT2D eigenvalue weighted by atomic mass is 79.9. The van der Waals surface area contributed by atoms with Crippen LogP contribution < -0.4 is 20.3 Å². The number of benzene rings is 1. The van der Waals surface area contributed by atoms with Crippen molar-refractivity contribution >= 4 is 39.1 Å². The maximum atomic E-state index is 12.2. The third kappa shape index (κ3) is 6.88. The first-order chi connectivity index (χ1) is 12.9. The number of carbonyl (C=O) groups is 2. The Bertz CT molecular complexity index is 792. The maximum Gasteiger partial charge on any atom is 0.269 e. The lowest BCUT2D eigenvalue weighted by Crippen LogP contribution is -2.41. The van der Waals surface area contributed by atoms with Crippen molar-refractivity contribution < 1.29 is 19.1 Å². The molecule has 27 heavy (non-hydrogen) atoms. The lowest BCUT2D eigenvalue weighted by Gasteiger charge is -2.14. The number of halogens is 1. The summed E-state index contributed by atoms with van der Waals surface area (Å²) in [5, 5.41) is 0. The van der Waals surface area contributed by atoms with Gasteiger partial charge in [-0.2, -0.15) is 0 Å². The van der Waals surface area contributed by atoms with Crippen LogP contribution in [0.25, 0.3) is 0 Å². The van der Waals surface area contributed by atoms with Gasteiger partial charge in [0.05, 0.1) is 17.0 Å². The Morgan fingerprint density at radius 1 is 1.15 bits per heavy atom. The van der Waals surface area contributed by atoms with E-state index in [2.05, 4.69) is 26.8 Å². The Balaban J connectivity index is 1.81. The van der Waals surface area contributed by atoms with E-state index >= 15 is 0 Å². The average Bonchev–Trinajstić information content (AvgIpc) is 3.04. The van der Waals surface area contributed by atoms with E-state index in [-0.39, 0.29) is 12.0 Å². The van der Waals surface area contributed by atoms with Crippen molar-refractivity contribution in [3.8, 4) is 11.5 Å². The van der Waals surface area contributed by atoms with Crippen molar-refractivity contribution in [2.75, 3.05) is 7.11 Å². The number of hydrazine groups is 1. The summed E-state index contributed by atoms with van der Waals surface area (Å²) in [7, 11) is 1.51. The predicted molar refractivity (Wildman–Crippen MR) is 109 cm³/mol. The van der Waals surface area contributed by atoms with Gasteiger partial charge in [-0.15, -0.1) is 11.3 Å². The summed E-state index contributed by atoms with van der Waals surface area (Å²) in [6.45, 7) is 3.82. The maximum absolute atomic E-state index is 12.2. The number of thiophene rings is 1. The van der Waals surface area contributed by atoms with Crippen LogP contribution in [-0.4, -0.2) is 25.0 Å². The summed E-state index contributed by atoms with van der Waals surface area (Å²) >= 11 is 5.07. The molecule has 0 aliphatic carbocycles. The Labute approximate surface area is 171 Å². The Kier molecular flexibility index (Phi) is 8.12. The monoisotopic (exact) mass is 454 g/mol. The molecule has 0 spiro atoms. The van der Waals surface area contributed by atoms with E-state index in [9.17, 15) is 9.59 Å². The van der Waals surface area contributed by atoms with Crippen molar-refractivity contribution in [1.29, 1.82) is 0 Å². The number of aryl methyl sites for hydroxylation is 1. The molecule has 1 aromatic heterocycles. The number of methoxy groups -OCH3 is 1. The SMILES string of the molecule is COc1cc(C(=O)NNC(=O)CCCc2ccc(Br)s2)ccc1OC(C)C. The van der Waals surface area contributed by atoms with Gasteiger partial charge in [-0.1, -0.05) is 0 Å². The molecule has 0 fully saturated rings. The smallest absolute Gasteiger partial charge is 0.269 e. The van der Waals surface area contributed by atoms with Crippen LogP contribution in [0, 0.1) is 0 Å². The molecule has 1 aromatic carbocycles. The number of hydrogen-bond acceptors (Lipinski definition) is 5. The van der Waals surface area contributed by atoms with Crippen LogP contribution in [0.4, 0.5) is 0 Å². The Morgan fingerprint density at radius 2 is 1.93 bits per heavy atom. The first-order valence-electron chi connectivity index (χ1n) is 8.57. The summed E-state index contributed by atoms with van der Waals surface area (Å²) in [6, 6.07) is 8.90. The number of carbonyl (C=O) groups excluding carboxylic acids is 2. The quantitative estimate of drug-likeness (QED) is 0.588. The molecule has 2 aromatic rings. The number of ether oxygens (including phenoxy) is 2. The first-order valence-corrected chi connectivity index (χ1v) is 10.2. The fourth-order valence-electron chi connectivity index (χ4n) is 2.33. The molecule has 0 aliphatic rings. The second-order valence-electron chi connectivity index (χ2n) is 6.09. The summed E-state index contributed by atoms with van der Waals surface area (Å²) < 4.78 is 12.0. The van der Waals surface area contributed by atoms with Crippen molar-refractivity contribution in [2.24, 2.45) is 0 Å². The molecule has 6 nitrogen and oxygen atoms in total. The van der Waals surface area contributed by atoms with Crippen LogP contribution in [0.3, 0.4) is 0 Å². The van der Waals surface area contributed by atoms with Crippen molar-refractivity contribution in [3.05, 3.63) is 44.6 Å². The minimum absolute atomic E-state index is 0.00634. The van der Waals surface area contributed by atoms with Gasteiger partial charge in [-0.3, -0.25) is 20.4 Å². The summed E-state index contributed by atoms with van der Waals surface area (Å²) in [6.07, 6.45) is 1.86. The molecule has 0 radical (unpaired) electrons. The molecule has 0 aliphatic heterocycles. The van der Waals surface area contributed by atoms with Crippen molar-refractivity contribution in [1.82, 2.24) is 10.9 Å². The number of rotatable bonds is 8. The van der Waals surface area contributed by atoms with Crippen LogP contribution >= 0.6 is 27.3 Å². The highest BCUT2D eigenvalue weighted by Gasteiger charge is 2.13. The third-order valence-electron chi connectivity index (χ3n) is 3.56. The van der Waals surface area contributed by atoms with E-state index < -0.39 is 5.91 Å². The van der Waals surface area contributed by atoms with E-state index in [0.717, 1.165) is 10.2 Å². The first kappa shape index (κ1) is 21.2. The fraction of sp³-hybridized carbons (Fsp3) is 0.368. The molecule has 0 saturated heterocycles. The van der Waals surface area contributed by atoms with Crippen LogP contribution in [-0.2, 0) is 11.2 Å². The minimum atomic E-state index is -0.417. The van der Waals surface area contributed by atoms with Gasteiger partial charge in [0.15, 0.2) is 11.5 Å². The molecule has 2 amide bonds. The fourth-order valence-corrected chi connectivity index (χ4v) is 3.86. The number of nitrogens with one attached hydrogen (secondary N) is 2. The van der Waals surface area contributed by atoms with Gasteiger partial charge in [-0.25, -0.2) is 0 Å². The highest BCUT2D eigenvalue weighted by molar-refractivity contribution is 9.11. The molecular weight excluding hydrogens is 432 g/mol. The second-order valence-corrected chi connectivity index (χ2v) is 8.64. The van der Waals surface area contributed by atoms with Gasteiger partial charge >= 0.3 is 0 Å². The Hall–Kier alpha value is -2.06. The largest absolute Gasteiger partial charge is 0.493 e. The van der Waals surface area contributed by atoms with Gasteiger partial charge in [0, 0.05) is 16.9 Å². The lowest BCUT2D eigenvalue weighted by molar-refractivity contribution is -0.121.